The average molecular weight is 353 g/mol. The first-order valence-electron chi connectivity index (χ1n) is 7.04. The molecule has 0 atom stereocenters. The van der Waals surface area contributed by atoms with Gasteiger partial charge in [0.15, 0.2) is 0 Å². The molecule has 0 aliphatic heterocycles. The molecule has 0 saturated heterocycles. The fourth-order valence-corrected chi connectivity index (χ4v) is 2.66. The van der Waals surface area contributed by atoms with Crippen LogP contribution >= 0.6 is 11.6 Å². The highest BCUT2D eigenvalue weighted by Gasteiger charge is 2.11. The lowest BCUT2D eigenvalue weighted by atomic mass is 10.2. The van der Waals surface area contributed by atoms with E-state index in [4.69, 9.17) is 16.3 Å². The maximum atomic E-state index is 12.0. The van der Waals surface area contributed by atoms with Crippen LogP contribution in [0.25, 0.3) is 0 Å². The lowest BCUT2D eigenvalue weighted by Gasteiger charge is -2.05. The van der Waals surface area contributed by atoms with Gasteiger partial charge in [0.1, 0.15) is 5.75 Å². The van der Waals surface area contributed by atoms with E-state index in [0.29, 0.717) is 11.6 Å². The molecule has 0 heterocycles. The minimum atomic E-state index is -3.71. The summed E-state index contributed by atoms with van der Waals surface area (Å²) in [4.78, 5) is 2.26. The van der Waals surface area contributed by atoms with Crippen molar-refractivity contribution in [3.05, 3.63) is 59.1 Å². The molecule has 5 nitrogen and oxygen atoms in total. The van der Waals surface area contributed by atoms with Crippen LogP contribution < -0.4 is 9.57 Å². The molecule has 0 amide bonds. The number of sulfonamides is 1. The van der Waals surface area contributed by atoms with Crippen LogP contribution in [0, 0.1) is 0 Å². The van der Waals surface area contributed by atoms with E-state index >= 15 is 0 Å². The summed E-state index contributed by atoms with van der Waals surface area (Å²) in [5.41, 5.74) is 0.734. The van der Waals surface area contributed by atoms with Crippen molar-refractivity contribution in [2.45, 2.75) is 18.2 Å². The van der Waals surface area contributed by atoms with Crippen LogP contribution in [0.3, 0.4) is 0 Å². The molecule has 0 unspecified atom stereocenters. The largest absolute Gasteiger partial charge is 0.494 e. The Bertz CT molecular complexity index is 774. The molecule has 0 fully saturated rings. The second-order valence-electron chi connectivity index (χ2n) is 4.73. The third-order valence-electron chi connectivity index (χ3n) is 2.84. The second-order valence-corrected chi connectivity index (χ2v) is 6.83. The van der Waals surface area contributed by atoms with Crippen LogP contribution in [-0.2, 0) is 10.0 Å². The fraction of sp³-hybridized carbons (Fsp3) is 0.188. The van der Waals surface area contributed by atoms with E-state index in [-0.39, 0.29) is 4.90 Å². The Labute approximate surface area is 141 Å². The maximum Gasteiger partial charge on any atom is 0.276 e. The second kappa shape index (κ2) is 7.99. The molecule has 1 N–H and O–H groups in total. The van der Waals surface area contributed by atoms with Crippen LogP contribution in [0.2, 0.25) is 5.02 Å². The third-order valence-corrected chi connectivity index (χ3v) is 4.33. The molecule has 2 aromatic carbocycles. The molecule has 2 rings (SSSR count). The van der Waals surface area contributed by atoms with Gasteiger partial charge in [-0.15, -0.1) is 0 Å². The zero-order valence-corrected chi connectivity index (χ0v) is 14.1. The lowest BCUT2D eigenvalue weighted by molar-refractivity contribution is 0.317. The number of hydrogen-bond donors (Lipinski definition) is 1. The van der Waals surface area contributed by atoms with Crippen molar-refractivity contribution in [1.29, 1.82) is 0 Å². The van der Waals surface area contributed by atoms with E-state index in [1.54, 1.807) is 12.1 Å². The SMILES string of the molecule is CCCOc1cccc(/C=N/NS(=O)(=O)c2ccc(Cl)cc2)c1. The summed E-state index contributed by atoms with van der Waals surface area (Å²) in [6.07, 6.45) is 2.34. The van der Waals surface area contributed by atoms with E-state index in [1.165, 1.54) is 30.5 Å². The summed E-state index contributed by atoms with van der Waals surface area (Å²) in [5.74, 6) is 0.719. The number of rotatable bonds is 7. The van der Waals surface area contributed by atoms with E-state index in [0.717, 1.165) is 17.7 Å². The molecule has 0 radical (unpaired) electrons. The summed E-state index contributed by atoms with van der Waals surface area (Å²) in [5, 5.41) is 4.25. The Kier molecular flexibility index (Phi) is 6.01. The Morgan fingerprint density at radius 1 is 1.22 bits per heavy atom. The molecule has 7 heteroatoms. The molecule has 122 valence electrons. The number of ether oxygens (including phenoxy) is 1. The predicted octanol–water partition coefficient (Wildman–Crippen LogP) is 3.44. The summed E-state index contributed by atoms with van der Waals surface area (Å²) < 4.78 is 29.6. The minimum absolute atomic E-state index is 0.0964. The first-order chi connectivity index (χ1) is 11.0. The normalized spacial score (nSPS) is 11.6. The molecule has 0 bridgehead atoms. The Morgan fingerprint density at radius 3 is 2.65 bits per heavy atom. The summed E-state index contributed by atoms with van der Waals surface area (Å²) in [6, 6.07) is 13.1. The Balaban J connectivity index is 2.04. The van der Waals surface area contributed by atoms with Crippen molar-refractivity contribution in [3.8, 4) is 5.75 Å². The monoisotopic (exact) mass is 352 g/mol. The first-order valence-corrected chi connectivity index (χ1v) is 8.90. The Hall–Kier alpha value is -2.05. The predicted molar refractivity (Wildman–Crippen MR) is 91.6 cm³/mol. The summed E-state index contributed by atoms with van der Waals surface area (Å²) in [6.45, 7) is 2.65. The first kappa shape index (κ1) is 17.3. The number of nitrogens with zero attached hydrogens (tertiary/aromatic N) is 1. The van der Waals surface area contributed by atoms with Crippen LogP contribution in [0.15, 0.2) is 58.5 Å². The van der Waals surface area contributed by atoms with E-state index in [1.807, 2.05) is 19.1 Å². The summed E-state index contributed by atoms with van der Waals surface area (Å²) >= 11 is 5.74. The van der Waals surface area contributed by atoms with Gasteiger partial charge in [-0.05, 0) is 48.4 Å². The van der Waals surface area contributed by atoms with Crippen molar-refractivity contribution in [2.75, 3.05) is 6.61 Å². The van der Waals surface area contributed by atoms with Crippen molar-refractivity contribution in [1.82, 2.24) is 4.83 Å². The van der Waals surface area contributed by atoms with Gasteiger partial charge in [-0.2, -0.15) is 13.5 Å². The fourth-order valence-electron chi connectivity index (χ4n) is 1.74. The van der Waals surface area contributed by atoms with Gasteiger partial charge >= 0.3 is 0 Å². The molecular formula is C16H17ClN2O3S. The lowest BCUT2D eigenvalue weighted by Crippen LogP contribution is -2.18. The molecule has 0 saturated carbocycles. The van der Waals surface area contributed by atoms with E-state index in [9.17, 15) is 8.42 Å². The topological polar surface area (TPSA) is 67.8 Å². The number of hydrogen-bond acceptors (Lipinski definition) is 4. The Morgan fingerprint density at radius 2 is 1.96 bits per heavy atom. The minimum Gasteiger partial charge on any atom is -0.494 e. The molecule has 0 aliphatic carbocycles. The van der Waals surface area contributed by atoms with Crippen LogP contribution in [0.4, 0.5) is 0 Å². The molecular weight excluding hydrogens is 336 g/mol. The zero-order chi connectivity index (χ0) is 16.7. The van der Waals surface area contributed by atoms with Crippen LogP contribution in [0.5, 0.6) is 5.75 Å². The van der Waals surface area contributed by atoms with Gasteiger partial charge in [0, 0.05) is 5.02 Å². The van der Waals surface area contributed by atoms with Gasteiger partial charge in [-0.3, -0.25) is 0 Å². The van der Waals surface area contributed by atoms with Crippen molar-refractivity contribution >= 4 is 27.8 Å². The van der Waals surface area contributed by atoms with Gasteiger partial charge in [-0.25, -0.2) is 4.83 Å². The van der Waals surface area contributed by atoms with Crippen molar-refractivity contribution in [2.24, 2.45) is 5.10 Å². The molecule has 0 aliphatic rings. The standard InChI is InChI=1S/C16H17ClN2O3S/c1-2-10-22-15-5-3-4-13(11-15)12-18-19-23(20,21)16-8-6-14(17)7-9-16/h3-9,11-12,19H,2,10H2,1H3/b18-12+. The molecule has 0 aromatic heterocycles. The number of halogens is 1. The highest BCUT2D eigenvalue weighted by Crippen LogP contribution is 2.14. The van der Waals surface area contributed by atoms with Crippen LogP contribution in [-0.4, -0.2) is 21.2 Å². The quantitative estimate of drug-likeness (QED) is 0.613. The number of benzene rings is 2. The van der Waals surface area contributed by atoms with Crippen molar-refractivity contribution < 1.29 is 13.2 Å². The molecule has 0 spiro atoms. The number of nitrogens with one attached hydrogen (secondary N) is 1. The molecule has 23 heavy (non-hydrogen) atoms. The summed E-state index contributed by atoms with van der Waals surface area (Å²) in [7, 11) is -3.71. The van der Waals surface area contributed by atoms with Crippen molar-refractivity contribution in [3.63, 3.8) is 0 Å². The maximum absolute atomic E-state index is 12.0. The van der Waals surface area contributed by atoms with Crippen LogP contribution in [0.1, 0.15) is 18.9 Å². The van der Waals surface area contributed by atoms with Gasteiger partial charge in [0.2, 0.25) is 0 Å². The van der Waals surface area contributed by atoms with Gasteiger partial charge in [0.25, 0.3) is 10.0 Å². The molecule has 2 aromatic rings. The van der Waals surface area contributed by atoms with E-state index in [2.05, 4.69) is 9.93 Å². The average Bonchev–Trinajstić information content (AvgIpc) is 2.53. The highest BCUT2D eigenvalue weighted by molar-refractivity contribution is 7.89. The third kappa shape index (κ3) is 5.26. The van der Waals surface area contributed by atoms with Gasteiger partial charge in [0.05, 0.1) is 17.7 Å². The number of hydrazone groups is 1. The zero-order valence-electron chi connectivity index (χ0n) is 12.6. The van der Waals surface area contributed by atoms with Gasteiger partial charge < -0.3 is 4.74 Å². The highest BCUT2D eigenvalue weighted by atomic mass is 35.5. The van der Waals surface area contributed by atoms with E-state index < -0.39 is 10.0 Å². The van der Waals surface area contributed by atoms with Gasteiger partial charge in [-0.1, -0.05) is 30.7 Å². The smallest absolute Gasteiger partial charge is 0.276 e.